The van der Waals surface area contributed by atoms with Gasteiger partial charge >= 0.3 is 0 Å². The Morgan fingerprint density at radius 3 is 2.43 bits per heavy atom. The van der Waals surface area contributed by atoms with Gasteiger partial charge in [0.25, 0.3) is 0 Å². The molecule has 0 heterocycles. The first-order valence-electron chi connectivity index (χ1n) is 8.57. The summed E-state index contributed by atoms with van der Waals surface area (Å²) in [6.07, 6.45) is 7.97. The Balaban J connectivity index is 2.59. The molecule has 3 nitrogen and oxygen atoms in total. The lowest BCUT2D eigenvalue weighted by Gasteiger charge is -2.21. The highest BCUT2D eigenvalue weighted by Crippen LogP contribution is 2.28. The lowest BCUT2D eigenvalue weighted by molar-refractivity contribution is 0.0471. The van der Waals surface area contributed by atoms with Crippen LogP contribution in [0.4, 0.5) is 0 Å². The SMILES string of the molecule is CC/C(=C\CCc1ccc(OC)c(OC)c1)CCC(C)(O)CC. The molecule has 0 fully saturated rings. The zero-order valence-electron chi connectivity index (χ0n) is 15.3. The molecule has 0 aliphatic carbocycles. The smallest absolute Gasteiger partial charge is 0.160 e. The molecule has 1 unspecified atom stereocenters. The zero-order valence-corrected chi connectivity index (χ0v) is 15.3. The minimum Gasteiger partial charge on any atom is -0.493 e. The number of aryl methyl sites for hydroxylation is 1. The van der Waals surface area contributed by atoms with Crippen LogP contribution in [-0.4, -0.2) is 24.9 Å². The van der Waals surface area contributed by atoms with E-state index in [0.29, 0.717) is 0 Å². The molecule has 0 aliphatic rings. The number of ether oxygens (including phenoxy) is 2. The summed E-state index contributed by atoms with van der Waals surface area (Å²) >= 11 is 0. The summed E-state index contributed by atoms with van der Waals surface area (Å²) in [5.74, 6) is 1.55. The number of hydrogen-bond acceptors (Lipinski definition) is 3. The third kappa shape index (κ3) is 6.66. The van der Waals surface area contributed by atoms with Gasteiger partial charge in [-0.15, -0.1) is 0 Å². The summed E-state index contributed by atoms with van der Waals surface area (Å²) in [4.78, 5) is 0. The lowest BCUT2D eigenvalue weighted by Crippen LogP contribution is -2.22. The average Bonchev–Trinajstić information content (AvgIpc) is 2.57. The van der Waals surface area contributed by atoms with Crippen molar-refractivity contribution in [2.24, 2.45) is 0 Å². The number of hydrogen-bond donors (Lipinski definition) is 1. The van der Waals surface area contributed by atoms with Gasteiger partial charge in [0.15, 0.2) is 11.5 Å². The van der Waals surface area contributed by atoms with E-state index in [1.54, 1.807) is 14.2 Å². The molecule has 0 aliphatic heterocycles. The second kappa shape index (κ2) is 9.61. The summed E-state index contributed by atoms with van der Waals surface area (Å²) in [5.41, 5.74) is 2.13. The number of aliphatic hydroxyl groups is 1. The predicted molar refractivity (Wildman–Crippen MR) is 96.4 cm³/mol. The molecule has 0 spiro atoms. The molecule has 1 atom stereocenters. The Hall–Kier alpha value is -1.48. The van der Waals surface area contributed by atoms with Crippen molar-refractivity contribution in [1.29, 1.82) is 0 Å². The van der Waals surface area contributed by atoms with Crippen molar-refractivity contribution in [3.8, 4) is 11.5 Å². The van der Waals surface area contributed by atoms with Crippen LogP contribution < -0.4 is 9.47 Å². The van der Waals surface area contributed by atoms with Gasteiger partial charge in [-0.2, -0.15) is 0 Å². The fourth-order valence-corrected chi connectivity index (χ4v) is 2.51. The van der Waals surface area contributed by atoms with E-state index < -0.39 is 5.60 Å². The van der Waals surface area contributed by atoms with Crippen LogP contribution in [0.3, 0.4) is 0 Å². The molecule has 1 rings (SSSR count). The highest BCUT2D eigenvalue weighted by molar-refractivity contribution is 5.43. The zero-order chi connectivity index (χ0) is 17.3. The van der Waals surface area contributed by atoms with Gasteiger partial charge in [0.05, 0.1) is 19.8 Å². The minimum atomic E-state index is -0.544. The van der Waals surface area contributed by atoms with Crippen molar-refractivity contribution >= 4 is 0 Å². The Bertz CT molecular complexity index is 504. The molecule has 0 radical (unpaired) electrons. The van der Waals surface area contributed by atoms with Crippen molar-refractivity contribution in [3.05, 3.63) is 35.4 Å². The first-order valence-corrected chi connectivity index (χ1v) is 8.57. The fraction of sp³-hybridized carbons (Fsp3) is 0.600. The standard InChI is InChI=1S/C20H32O3/c1-6-16(13-14-20(3,21)7-2)9-8-10-17-11-12-18(22-4)19(15-17)23-5/h9,11-12,15,21H,6-8,10,13-14H2,1-5H3/b16-9+. The highest BCUT2D eigenvalue weighted by atomic mass is 16.5. The first kappa shape index (κ1) is 19.6. The molecule has 1 aromatic carbocycles. The van der Waals surface area contributed by atoms with Gasteiger partial charge in [0.1, 0.15) is 0 Å². The molecule has 0 bridgehead atoms. The van der Waals surface area contributed by atoms with E-state index in [9.17, 15) is 5.11 Å². The van der Waals surface area contributed by atoms with E-state index in [4.69, 9.17) is 9.47 Å². The highest BCUT2D eigenvalue weighted by Gasteiger charge is 2.17. The molecule has 1 N–H and O–H groups in total. The molecule has 0 saturated carbocycles. The molecule has 3 heteroatoms. The van der Waals surface area contributed by atoms with Gasteiger partial charge in [-0.3, -0.25) is 0 Å². The van der Waals surface area contributed by atoms with E-state index >= 15 is 0 Å². The van der Waals surface area contributed by atoms with Crippen LogP contribution in [0, 0.1) is 0 Å². The monoisotopic (exact) mass is 320 g/mol. The van der Waals surface area contributed by atoms with Crippen molar-refractivity contribution in [2.45, 2.75) is 64.9 Å². The van der Waals surface area contributed by atoms with Crippen molar-refractivity contribution in [1.82, 2.24) is 0 Å². The van der Waals surface area contributed by atoms with Crippen molar-refractivity contribution in [3.63, 3.8) is 0 Å². The van der Waals surface area contributed by atoms with Crippen molar-refractivity contribution in [2.75, 3.05) is 14.2 Å². The van der Waals surface area contributed by atoms with E-state index in [2.05, 4.69) is 19.1 Å². The molecule has 0 amide bonds. The van der Waals surface area contributed by atoms with Gasteiger partial charge in [0, 0.05) is 0 Å². The lowest BCUT2D eigenvalue weighted by atomic mass is 9.93. The van der Waals surface area contributed by atoms with Crippen LogP contribution in [-0.2, 0) is 6.42 Å². The van der Waals surface area contributed by atoms with Gasteiger partial charge in [0.2, 0.25) is 0 Å². The van der Waals surface area contributed by atoms with E-state index in [1.165, 1.54) is 11.1 Å². The Morgan fingerprint density at radius 2 is 1.87 bits per heavy atom. The van der Waals surface area contributed by atoms with Crippen molar-refractivity contribution < 1.29 is 14.6 Å². The molecule has 1 aromatic rings. The van der Waals surface area contributed by atoms with E-state index in [0.717, 1.165) is 50.0 Å². The summed E-state index contributed by atoms with van der Waals surface area (Å²) in [6, 6.07) is 6.08. The van der Waals surface area contributed by atoms with E-state index in [-0.39, 0.29) is 0 Å². The first-order chi connectivity index (χ1) is 11.0. The molecule has 0 aromatic heterocycles. The molecule has 0 saturated heterocycles. The molecule has 130 valence electrons. The number of rotatable bonds is 10. The Morgan fingerprint density at radius 1 is 1.17 bits per heavy atom. The number of methoxy groups -OCH3 is 2. The maximum Gasteiger partial charge on any atom is 0.160 e. The fourth-order valence-electron chi connectivity index (χ4n) is 2.51. The second-order valence-electron chi connectivity index (χ2n) is 6.29. The summed E-state index contributed by atoms with van der Waals surface area (Å²) in [5, 5.41) is 10.1. The van der Waals surface area contributed by atoms with Crippen LogP contribution in [0.2, 0.25) is 0 Å². The third-order valence-corrected chi connectivity index (χ3v) is 4.51. The number of allylic oxidation sites excluding steroid dienone is 2. The maximum atomic E-state index is 10.1. The molecular formula is C20H32O3. The van der Waals surface area contributed by atoms with Crippen LogP contribution >= 0.6 is 0 Å². The summed E-state index contributed by atoms with van der Waals surface area (Å²) in [6.45, 7) is 6.14. The topological polar surface area (TPSA) is 38.7 Å². The Labute approximate surface area is 141 Å². The minimum absolute atomic E-state index is 0.544. The molecule has 23 heavy (non-hydrogen) atoms. The predicted octanol–water partition coefficient (Wildman–Crippen LogP) is 4.91. The summed E-state index contributed by atoms with van der Waals surface area (Å²) in [7, 11) is 3.31. The summed E-state index contributed by atoms with van der Waals surface area (Å²) < 4.78 is 10.6. The molecular weight excluding hydrogens is 288 g/mol. The van der Waals surface area contributed by atoms with Gasteiger partial charge < -0.3 is 14.6 Å². The third-order valence-electron chi connectivity index (χ3n) is 4.51. The van der Waals surface area contributed by atoms with Crippen LogP contribution in [0.25, 0.3) is 0 Å². The average molecular weight is 320 g/mol. The quantitative estimate of drug-likeness (QED) is 0.622. The van der Waals surface area contributed by atoms with Gasteiger partial charge in [-0.05, 0) is 63.1 Å². The van der Waals surface area contributed by atoms with Crippen LogP contribution in [0.5, 0.6) is 11.5 Å². The van der Waals surface area contributed by atoms with E-state index in [1.807, 2.05) is 26.0 Å². The van der Waals surface area contributed by atoms with Gasteiger partial charge in [-0.25, -0.2) is 0 Å². The Kier molecular flexibility index (Phi) is 8.18. The van der Waals surface area contributed by atoms with Crippen LogP contribution in [0.1, 0.15) is 58.4 Å². The second-order valence-corrected chi connectivity index (χ2v) is 6.29. The van der Waals surface area contributed by atoms with Gasteiger partial charge in [-0.1, -0.05) is 31.6 Å². The normalized spacial score (nSPS) is 14.4. The largest absolute Gasteiger partial charge is 0.493 e. The van der Waals surface area contributed by atoms with Crippen LogP contribution in [0.15, 0.2) is 29.8 Å². The maximum absolute atomic E-state index is 10.1. The number of benzene rings is 1.